The summed E-state index contributed by atoms with van der Waals surface area (Å²) in [6.45, 7) is 3.92. The number of nitrogens with one attached hydrogen (secondary N) is 3. The quantitative estimate of drug-likeness (QED) is 0.494. The summed E-state index contributed by atoms with van der Waals surface area (Å²) in [6.07, 6.45) is 1.33. The first-order valence-electron chi connectivity index (χ1n) is 11.4. The van der Waals surface area contributed by atoms with Crippen molar-refractivity contribution in [3.05, 3.63) is 53.0 Å². The fourth-order valence-corrected chi connectivity index (χ4v) is 4.20. The lowest BCUT2D eigenvalue weighted by Gasteiger charge is -2.33. The van der Waals surface area contributed by atoms with Crippen LogP contribution in [0.4, 0.5) is 30.8 Å². The van der Waals surface area contributed by atoms with E-state index in [0.717, 1.165) is 43.6 Å². The predicted molar refractivity (Wildman–Crippen MR) is 130 cm³/mol. The Labute approximate surface area is 205 Å². The molecule has 0 unspecified atom stereocenters. The summed E-state index contributed by atoms with van der Waals surface area (Å²) < 4.78 is 39.8. The molecule has 1 saturated heterocycles. The van der Waals surface area contributed by atoms with Crippen molar-refractivity contribution in [3.8, 4) is 17.3 Å². The van der Waals surface area contributed by atoms with Crippen LogP contribution in [0.2, 0.25) is 0 Å². The van der Waals surface area contributed by atoms with Gasteiger partial charge in [-0.25, -0.2) is 15.0 Å². The Morgan fingerprint density at radius 2 is 1.94 bits per heavy atom. The standard InChI is InChI=1S/C24H24F3N9/c1-35-4-6-36(7-5-35)20-3-2-15(10-29-20)11-32-23-33-12-16(9-28)21(34-23)19-14-31-22-18(19)8-17(13-30-22)24(25,26)27/h2-3,8,10,12,14,30-31H,4-7,11,13H2,1H3,(H,32,33,34). The Kier molecular flexibility index (Phi) is 6.24. The normalized spacial score (nSPS) is 16.1. The number of hydrogen-bond donors (Lipinski definition) is 3. The fourth-order valence-electron chi connectivity index (χ4n) is 4.20. The van der Waals surface area contributed by atoms with E-state index in [9.17, 15) is 18.4 Å². The van der Waals surface area contributed by atoms with Crippen LogP contribution in [-0.2, 0) is 6.54 Å². The molecule has 0 saturated carbocycles. The number of pyridine rings is 1. The third-order valence-corrected chi connectivity index (χ3v) is 6.31. The van der Waals surface area contributed by atoms with Gasteiger partial charge in [0.05, 0.1) is 23.0 Å². The Balaban J connectivity index is 1.34. The summed E-state index contributed by atoms with van der Waals surface area (Å²) in [5.41, 5.74) is 1.32. The number of likely N-dealkylation sites (N-methyl/N-ethyl adjacent to an activating group) is 1. The predicted octanol–water partition coefficient (Wildman–Crippen LogP) is 3.47. The van der Waals surface area contributed by atoms with Gasteiger partial charge in [-0.2, -0.15) is 18.4 Å². The molecule has 0 radical (unpaired) electrons. The van der Waals surface area contributed by atoms with Gasteiger partial charge >= 0.3 is 6.18 Å². The number of alkyl halides is 3. The van der Waals surface area contributed by atoms with E-state index in [1.165, 1.54) is 6.20 Å². The Bertz CT molecular complexity index is 1310. The Morgan fingerprint density at radius 3 is 2.64 bits per heavy atom. The van der Waals surface area contributed by atoms with Crippen LogP contribution in [0.25, 0.3) is 17.3 Å². The summed E-state index contributed by atoms with van der Waals surface area (Å²) in [7, 11) is 2.11. The lowest BCUT2D eigenvalue weighted by Crippen LogP contribution is -2.44. The van der Waals surface area contributed by atoms with Gasteiger partial charge in [0.15, 0.2) is 0 Å². The first kappa shape index (κ1) is 23.6. The van der Waals surface area contributed by atoms with Crippen molar-refractivity contribution in [2.24, 2.45) is 0 Å². The summed E-state index contributed by atoms with van der Waals surface area (Å²) in [5, 5.41) is 15.4. The first-order valence-corrected chi connectivity index (χ1v) is 11.4. The molecule has 12 heteroatoms. The molecule has 5 heterocycles. The van der Waals surface area contributed by atoms with Crippen molar-refractivity contribution < 1.29 is 13.2 Å². The van der Waals surface area contributed by atoms with Crippen LogP contribution in [0, 0.1) is 11.3 Å². The van der Waals surface area contributed by atoms with E-state index in [4.69, 9.17) is 0 Å². The van der Waals surface area contributed by atoms with Crippen molar-refractivity contribution in [2.75, 3.05) is 55.3 Å². The molecular formula is C24H24F3N9. The van der Waals surface area contributed by atoms with Crippen LogP contribution in [0.5, 0.6) is 0 Å². The smallest absolute Gasteiger partial charge is 0.367 e. The highest BCUT2D eigenvalue weighted by atomic mass is 19.4. The zero-order valence-electron chi connectivity index (χ0n) is 19.5. The Hall–Kier alpha value is -4.11. The molecule has 2 aliphatic heterocycles. The minimum atomic E-state index is -4.45. The van der Waals surface area contributed by atoms with Crippen molar-refractivity contribution >= 4 is 23.7 Å². The number of hydrogen-bond acceptors (Lipinski definition) is 8. The van der Waals surface area contributed by atoms with Gasteiger partial charge in [0, 0.05) is 62.8 Å². The molecule has 0 spiro atoms. The van der Waals surface area contributed by atoms with Crippen LogP contribution in [0.15, 0.2) is 36.3 Å². The van der Waals surface area contributed by atoms with Gasteiger partial charge in [0.25, 0.3) is 0 Å². The third kappa shape index (κ3) is 4.83. The molecule has 0 bridgehead atoms. The highest BCUT2D eigenvalue weighted by Gasteiger charge is 2.36. The molecule has 2 aliphatic rings. The van der Waals surface area contributed by atoms with Crippen LogP contribution < -0.4 is 15.5 Å². The van der Waals surface area contributed by atoms with Crippen LogP contribution in [0.3, 0.4) is 0 Å². The van der Waals surface area contributed by atoms with Crippen molar-refractivity contribution in [2.45, 2.75) is 12.7 Å². The molecule has 0 atom stereocenters. The van der Waals surface area contributed by atoms with Crippen LogP contribution in [0.1, 0.15) is 16.7 Å². The van der Waals surface area contributed by atoms with Gasteiger partial charge in [-0.05, 0) is 24.8 Å². The van der Waals surface area contributed by atoms with Crippen molar-refractivity contribution in [1.82, 2.24) is 24.8 Å². The monoisotopic (exact) mass is 495 g/mol. The van der Waals surface area contributed by atoms with Crippen molar-refractivity contribution in [1.29, 1.82) is 5.26 Å². The maximum Gasteiger partial charge on any atom is 0.414 e. The molecule has 1 fully saturated rings. The fraction of sp³-hybridized carbons (Fsp3) is 0.333. The first-order chi connectivity index (χ1) is 17.3. The van der Waals surface area contributed by atoms with E-state index >= 15 is 0 Å². The number of H-pyrrole nitrogens is 1. The molecule has 0 aliphatic carbocycles. The second-order valence-electron chi connectivity index (χ2n) is 8.75. The van der Waals surface area contributed by atoms with Crippen molar-refractivity contribution in [3.63, 3.8) is 0 Å². The highest BCUT2D eigenvalue weighted by molar-refractivity contribution is 5.85. The number of aromatic amines is 1. The minimum absolute atomic E-state index is 0.160. The second-order valence-corrected chi connectivity index (χ2v) is 8.75. The molecule has 0 amide bonds. The molecule has 3 N–H and O–H groups in total. The number of rotatable bonds is 5. The molecule has 3 aromatic heterocycles. The van der Waals surface area contributed by atoms with E-state index in [1.54, 1.807) is 12.4 Å². The number of halogens is 3. The number of nitriles is 1. The van der Waals surface area contributed by atoms with Gasteiger partial charge in [0.2, 0.25) is 5.95 Å². The summed E-state index contributed by atoms with van der Waals surface area (Å²) >= 11 is 0. The number of nitrogens with zero attached hydrogens (tertiary/aromatic N) is 6. The lowest BCUT2D eigenvalue weighted by atomic mass is 10.0. The van der Waals surface area contributed by atoms with Gasteiger partial charge < -0.3 is 25.4 Å². The largest absolute Gasteiger partial charge is 0.414 e. The highest BCUT2D eigenvalue weighted by Crippen LogP contribution is 2.38. The second kappa shape index (κ2) is 9.50. The zero-order chi connectivity index (χ0) is 25.3. The molecule has 5 rings (SSSR count). The van der Waals surface area contributed by atoms with Crippen LogP contribution in [-0.4, -0.2) is 70.8 Å². The maximum atomic E-state index is 13.3. The number of piperazine rings is 1. The lowest BCUT2D eigenvalue weighted by molar-refractivity contribution is -0.0909. The van der Waals surface area contributed by atoms with E-state index in [2.05, 4.69) is 47.4 Å². The summed E-state index contributed by atoms with van der Waals surface area (Å²) in [5.74, 6) is 1.63. The number of anilines is 3. The molecule has 3 aromatic rings. The molecular weight excluding hydrogens is 471 g/mol. The third-order valence-electron chi connectivity index (χ3n) is 6.31. The average Bonchev–Trinajstić information content (AvgIpc) is 3.31. The minimum Gasteiger partial charge on any atom is -0.367 e. The van der Waals surface area contributed by atoms with E-state index in [0.29, 0.717) is 23.5 Å². The maximum absolute atomic E-state index is 13.3. The van der Waals surface area contributed by atoms with Gasteiger partial charge in [-0.3, -0.25) is 0 Å². The number of fused-ring (bicyclic) bond motifs is 1. The Morgan fingerprint density at radius 1 is 1.14 bits per heavy atom. The van der Waals surface area contributed by atoms with E-state index < -0.39 is 11.7 Å². The van der Waals surface area contributed by atoms with E-state index in [1.807, 2.05) is 18.2 Å². The molecule has 186 valence electrons. The average molecular weight is 496 g/mol. The van der Waals surface area contributed by atoms with Gasteiger partial charge in [0.1, 0.15) is 17.7 Å². The summed E-state index contributed by atoms with van der Waals surface area (Å²) in [4.78, 5) is 20.7. The number of aromatic nitrogens is 4. The molecule has 0 aromatic carbocycles. The van der Waals surface area contributed by atoms with E-state index in [-0.39, 0.29) is 23.8 Å². The molecule has 36 heavy (non-hydrogen) atoms. The van der Waals surface area contributed by atoms with Gasteiger partial charge in [-0.15, -0.1) is 0 Å². The zero-order valence-corrected chi connectivity index (χ0v) is 19.5. The van der Waals surface area contributed by atoms with Crippen LogP contribution >= 0.6 is 0 Å². The topological polar surface area (TPSA) is 109 Å². The summed E-state index contributed by atoms with van der Waals surface area (Å²) in [6, 6.07) is 5.99. The SMILES string of the molecule is CN1CCN(c2ccc(CNc3ncc(C#N)c(-c4c[nH]c5c4C=C(C(F)(F)F)CN5)n3)cn2)CC1. The van der Waals surface area contributed by atoms with Gasteiger partial charge in [-0.1, -0.05) is 6.07 Å². The molecule has 9 nitrogen and oxygen atoms in total.